The number of urea groups is 1. The molecule has 2 N–H and O–H groups in total. The van der Waals surface area contributed by atoms with Gasteiger partial charge in [-0.05, 0) is 54.9 Å². The number of amides is 2. The molecule has 5 rings (SSSR count). The minimum Gasteiger partial charge on any atom is -0.474 e. The number of sulfonamides is 1. The van der Waals surface area contributed by atoms with E-state index in [1.54, 1.807) is 6.20 Å². The van der Waals surface area contributed by atoms with E-state index in [1.807, 2.05) is 22.9 Å². The third kappa shape index (κ3) is 4.12. The zero-order valence-corrected chi connectivity index (χ0v) is 18.1. The number of fused-ring (bicyclic) bond motifs is 1. The van der Waals surface area contributed by atoms with Gasteiger partial charge in [-0.3, -0.25) is 0 Å². The number of pyridine rings is 1. The fourth-order valence-electron chi connectivity index (χ4n) is 4.79. The van der Waals surface area contributed by atoms with Crippen LogP contribution >= 0.6 is 0 Å². The second kappa shape index (κ2) is 7.49. The van der Waals surface area contributed by atoms with Crippen molar-refractivity contribution in [2.24, 2.45) is 5.41 Å². The van der Waals surface area contributed by atoms with Gasteiger partial charge in [0.2, 0.25) is 15.9 Å². The Morgan fingerprint density at radius 3 is 2.74 bits per heavy atom. The second-order valence-corrected chi connectivity index (χ2v) is 10.6. The van der Waals surface area contributed by atoms with Crippen molar-refractivity contribution in [2.45, 2.75) is 38.2 Å². The van der Waals surface area contributed by atoms with E-state index < -0.39 is 16.1 Å². The Balaban J connectivity index is 1.41. The molecule has 0 unspecified atom stereocenters. The van der Waals surface area contributed by atoms with E-state index in [9.17, 15) is 13.2 Å². The summed E-state index contributed by atoms with van der Waals surface area (Å²) in [6, 6.07) is 7.01. The molecule has 2 fully saturated rings. The van der Waals surface area contributed by atoms with Gasteiger partial charge in [-0.25, -0.2) is 22.9 Å². The number of nitrogens with zero attached hydrogens (tertiary/aromatic N) is 1. The molecule has 1 aromatic heterocycles. The monoisotopic (exact) mass is 443 g/mol. The van der Waals surface area contributed by atoms with Crippen molar-refractivity contribution < 1.29 is 22.7 Å². The van der Waals surface area contributed by atoms with Gasteiger partial charge in [0, 0.05) is 23.2 Å². The quantitative estimate of drug-likeness (QED) is 0.736. The summed E-state index contributed by atoms with van der Waals surface area (Å²) in [4.78, 5) is 16.7. The highest BCUT2D eigenvalue weighted by atomic mass is 32.2. The number of nitrogens with one attached hydrogen (secondary N) is 2. The lowest BCUT2D eigenvalue weighted by Gasteiger charge is -2.52. The van der Waals surface area contributed by atoms with E-state index in [0.29, 0.717) is 17.0 Å². The number of hydrogen-bond donors (Lipinski definition) is 2. The van der Waals surface area contributed by atoms with E-state index in [2.05, 4.69) is 16.4 Å². The van der Waals surface area contributed by atoms with Crippen LogP contribution < -0.4 is 14.8 Å². The number of carbonyl (C=O) groups excluding carboxylic acids is 1. The maximum absolute atomic E-state index is 12.3. The fraction of sp³-hybridized carbons (Fsp3) is 0.455. The SMILES string of the molecule is CS(=O)(=O)NC(=O)Nc1c(-c2ccnc(OC3CC4(COC4)C3)c2)ccc2c1CCC2. The molecule has 9 heteroatoms. The molecule has 2 aliphatic carbocycles. The van der Waals surface area contributed by atoms with E-state index in [1.165, 1.54) is 5.56 Å². The van der Waals surface area contributed by atoms with Gasteiger partial charge >= 0.3 is 6.03 Å². The highest BCUT2D eigenvalue weighted by Crippen LogP contribution is 2.48. The standard InChI is InChI=1S/C22H25N3O5S/c1-31(27,28)25-21(26)24-20-17-4-2-3-14(17)5-6-18(20)15-7-8-23-19(9-15)30-16-10-22(11-16)12-29-13-22/h5-9,16H,2-4,10-13H2,1H3,(H2,24,25,26). The Morgan fingerprint density at radius 2 is 2.03 bits per heavy atom. The van der Waals surface area contributed by atoms with Gasteiger partial charge < -0.3 is 14.8 Å². The van der Waals surface area contributed by atoms with E-state index in [0.717, 1.165) is 68.3 Å². The zero-order valence-electron chi connectivity index (χ0n) is 17.3. The van der Waals surface area contributed by atoms with Crippen molar-refractivity contribution in [1.29, 1.82) is 0 Å². The molecule has 1 saturated carbocycles. The number of rotatable bonds is 5. The predicted octanol–water partition coefficient (Wildman–Crippen LogP) is 2.88. The van der Waals surface area contributed by atoms with Crippen molar-refractivity contribution in [3.63, 3.8) is 0 Å². The number of aromatic nitrogens is 1. The first kappa shape index (κ1) is 20.3. The summed E-state index contributed by atoms with van der Waals surface area (Å²) in [7, 11) is -3.66. The lowest BCUT2D eigenvalue weighted by atomic mass is 9.65. The molecule has 2 aromatic rings. The third-order valence-electron chi connectivity index (χ3n) is 6.27. The van der Waals surface area contributed by atoms with Gasteiger partial charge in [-0.15, -0.1) is 0 Å². The van der Waals surface area contributed by atoms with Crippen molar-refractivity contribution in [2.75, 3.05) is 24.8 Å². The van der Waals surface area contributed by atoms with Gasteiger partial charge in [0.1, 0.15) is 6.10 Å². The molecule has 164 valence electrons. The lowest BCUT2D eigenvalue weighted by molar-refractivity contribution is -0.191. The number of hydrogen-bond acceptors (Lipinski definition) is 6. The summed E-state index contributed by atoms with van der Waals surface area (Å²) in [5.41, 5.74) is 4.84. The first-order valence-corrected chi connectivity index (χ1v) is 12.3. The number of ether oxygens (including phenoxy) is 2. The van der Waals surface area contributed by atoms with Crippen LogP contribution in [0.2, 0.25) is 0 Å². The molecular weight excluding hydrogens is 418 g/mol. The maximum Gasteiger partial charge on any atom is 0.332 e. The van der Waals surface area contributed by atoms with Crippen LogP contribution in [0.4, 0.5) is 10.5 Å². The van der Waals surface area contributed by atoms with Gasteiger partial charge in [0.05, 0.1) is 25.2 Å². The van der Waals surface area contributed by atoms with Crippen molar-refractivity contribution in [1.82, 2.24) is 9.71 Å². The van der Waals surface area contributed by atoms with Crippen LogP contribution in [-0.4, -0.2) is 45.0 Å². The molecule has 2 amide bonds. The average Bonchev–Trinajstić information content (AvgIpc) is 3.11. The van der Waals surface area contributed by atoms with Crippen molar-refractivity contribution >= 4 is 21.7 Å². The van der Waals surface area contributed by atoms with E-state index in [4.69, 9.17) is 9.47 Å². The third-order valence-corrected chi connectivity index (χ3v) is 6.83. The summed E-state index contributed by atoms with van der Waals surface area (Å²) in [6.07, 6.45) is 7.53. The van der Waals surface area contributed by atoms with Gasteiger partial charge in [0.25, 0.3) is 0 Å². The largest absolute Gasteiger partial charge is 0.474 e. The minimum atomic E-state index is -3.66. The first-order valence-electron chi connectivity index (χ1n) is 10.4. The molecule has 1 saturated heterocycles. The topological polar surface area (TPSA) is 107 Å². The molecule has 1 spiro atoms. The Morgan fingerprint density at radius 1 is 1.23 bits per heavy atom. The van der Waals surface area contributed by atoms with Crippen LogP contribution in [0.15, 0.2) is 30.5 Å². The van der Waals surface area contributed by atoms with Crippen molar-refractivity contribution in [3.8, 4) is 17.0 Å². The summed E-state index contributed by atoms with van der Waals surface area (Å²) in [5, 5.41) is 2.77. The average molecular weight is 444 g/mol. The molecule has 3 aliphatic rings. The normalized spacial score (nSPS) is 19.3. The van der Waals surface area contributed by atoms with Gasteiger partial charge in [-0.1, -0.05) is 12.1 Å². The van der Waals surface area contributed by atoms with Crippen LogP contribution in [0, 0.1) is 5.41 Å². The number of carbonyl (C=O) groups is 1. The molecule has 0 radical (unpaired) electrons. The molecule has 0 atom stereocenters. The lowest BCUT2D eigenvalue weighted by Crippen LogP contribution is -2.56. The van der Waals surface area contributed by atoms with E-state index in [-0.39, 0.29) is 6.10 Å². The molecule has 8 nitrogen and oxygen atoms in total. The minimum absolute atomic E-state index is 0.143. The smallest absolute Gasteiger partial charge is 0.332 e. The molecule has 2 heterocycles. The number of anilines is 1. The Kier molecular flexibility index (Phi) is 4.90. The second-order valence-electron chi connectivity index (χ2n) is 8.83. The summed E-state index contributed by atoms with van der Waals surface area (Å²) in [5.74, 6) is 0.546. The maximum atomic E-state index is 12.3. The Labute approximate surface area is 181 Å². The van der Waals surface area contributed by atoms with Gasteiger partial charge in [-0.2, -0.15) is 0 Å². The highest BCUT2D eigenvalue weighted by Gasteiger charge is 2.51. The van der Waals surface area contributed by atoms with E-state index >= 15 is 0 Å². The van der Waals surface area contributed by atoms with Crippen molar-refractivity contribution in [3.05, 3.63) is 41.6 Å². The summed E-state index contributed by atoms with van der Waals surface area (Å²) in [6.45, 7) is 1.64. The molecule has 31 heavy (non-hydrogen) atoms. The molecule has 0 bridgehead atoms. The zero-order chi connectivity index (χ0) is 21.6. The van der Waals surface area contributed by atoms with Crippen LogP contribution in [0.25, 0.3) is 11.1 Å². The fourth-order valence-corrected chi connectivity index (χ4v) is 5.17. The Hall–Kier alpha value is -2.65. The molecule has 1 aromatic carbocycles. The molecular formula is C22H25N3O5S. The Bertz CT molecular complexity index is 1140. The summed E-state index contributed by atoms with van der Waals surface area (Å²) >= 11 is 0. The highest BCUT2D eigenvalue weighted by molar-refractivity contribution is 7.89. The van der Waals surface area contributed by atoms with Crippen LogP contribution in [0.1, 0.15) is 30.4 Å². The molecule has 1 aliphatic heterocycles. The predicted molar refractivity (Wildman–Crippen MR) is 116 cm³/mol. The van der Waals surface area contributed by atoms with Gasteiger partial charge in [0.15, 0.2) is 0 Å². The van der Waals surface area contributed by atoms with Crippen LogP contribution in [0.5, 0.6) is 5.88 Å². The number of benzene rings is 1. The first-order chi connectivity index (χ1) is 14.8. The summed E-state index contributed by atoms with van der Waals surface area (Å²) < 4.78 is 36.3. The van der Waals surface area contributed by atoms with Crippen LogP contribution in [-0.2, 0) is 27.6 Å². The number of aryl methyl sites for hydroxylation is 1. The van der Waals surface area contributed by atoms with Crippen LogP contribution in [0.3, 0.4) is 0 Å².